The number of hydrogen-bond donors (Lipinski definition) is 1. The molecule has 0 amide bonds. The van der Waals surface area contributed by atoms with Gasteiger partial charge in [-0.1, -0.05) is 38.7 Å². The third kappa shape index (κ3) is 2.86. The molecule has 0 aromatic rings. The summed E-state index contributed by atoms with van der Waals surface area (Å²) in [5, 5.41) is 10.1. The first kappa shape index (κ1) is 17.8. The van der Waals surface area contributed by atoms with Gasteiger partial charge in [0.1, 0.15) is 18.5 Å². The van der Waals surface area contributed by atoms with E-state index in [4.69, 9.17) is 9.47 Å². The quantitative estimate of drug-likeness (QED) is 0.786. The van der Waals surface area contributed by atoms with Gasteiger partial charge in [-0.15, -0.1) is 0 Å². The van der Waals surface area contributed by atoms with Gasteiger partial charge in [0.2, 0.25) is 0 Å². The topological polar surface area (TPSA) is 38.7 Å². The van der Waals surface area contributed by atoms with Gasteiger partial charge in [-0.3, -0.25) is 0 Å². The fourth-order valence-corrected chi connectivity index (χ4v) is 5.57. The van der Waals surface area contributed by atoms with Crippen molar-refractivity contribution in [3.63, 3.8) is 0 Å². The SMILES string of the molecule is C=C1OC[C@@H](O)/C1=C\C[C@@H]1C(=C)CC[C@@H]2[C@@H](C)[C@H](OC)CC[C@@]12C. The Balaban J connectivity index is 1.82. The number of allylic oxidation sites excluding steroid dienone is 2. The highest BCUT2D eigenvalue weighted by Crippen LogP contribution is 2.58. The molecule has 0 radical (unpaired) electrons. The second-order valence-electron chi connectivity index (χ2n) is 8.18. The molecule has 1 aliphatic heterocycles. The Morgan fingerprint density at radius 2 is 2.12 bits per heavy atom. The monoisotopic (exact) mass is 332 g/mol. The fraction of sp³-hybridized carbons (Fsp3) is 0.714. The van der Waals surface area contributed by atoms with E-state index in [1.165, 1.54) is 18.4 Å². The summed E-state index contributed by atoms with van der Waals surface area (Å²) in [5.74, 6) is 2.36. The van der Waals surface area contributed by atoms with Gasteiger partial charge in [-0.25, -0.2) is 0 Å². The van der Waals surface area contributed by atoms with Crippen molar-refractivity contribution < 1.29 is 14.6 Å². The summed E-state index contributed by atoms with van der Waals surface area (Å²) >= 11 is 0. The second-order valence-corrected chi connectivity index (χ2v) is 8.18. The minimum Gasteiger partial charge on any atom is -0.491 e. The lowest BCUT2D eigenvalue weighted by Crippen LogP contribution is -2.50. The molecule has 1 saturated heterocycles. The standard InChI is InChI=1S/C21H32O3/c1-13-6-8-18-14(2)20(23-5)10-11-21(18,4)17(13)9-7-16-15(3)24-12-19(16)22/h7,14,17-20,22H,1,3,6,8-12H2,2,4-5H3/b16-7-/t14-,17-,18-,19-,20-,21+/m1/s1. The van der Waals surface area contributed by atoms with Crippen LogP contribution in [0.1, 0.15) is 46.0 Å². The molecule has 134 valence electrons. The summed E-state index contributed by atoms with van der Waals surface area (Å²) in [6.07, 6.45) is 7.58. The highest BCUT2D eigenvalue weighted by Gasteiger charge is 2.51. The van der Waals surface area contributed by atoms with Crippen LogP contribution in [0.25, 0.3) is 0 Å². The molecule has 1 heterocycles. The molecule has 24 heavy (non-hydrogen) atoms. The Morgan fingerprint density at radius 1 is 1.38 bits per heavy atom. The molecule has 0 bridgehead atoms. The molecule has 3 nitrogen and oxygen atoms in total. The number of methoxy groups -OCH3 is 1. The number of aliphatic hydroxyl groups excluding tert-OH is 1. The molecule has 0 aromatic heterocycles. The van der Waals surface area contributed by atoms with Crippen LogP contribution in [0.2, 0.25) is 0 Å². The van der Waals surface area contributed by atoms with Crippen molar-refractivity contribution in [2.45, 2.75) is 58.2 Å². The maximum absolute atomic E-state index is 10.1. The molecule has 3 aliphatic rings. The van der Waals surface area contributed by atoms with Gasteiger partial charge in [0.15, 0.2) is 0 Å². The van der Waals surface area contributed by atoms with Gasteiger partial charge in [-0.05, 0) is 55.3 Å². The maximum Gasteiger partial charge on any atom is 0.118 e. The summed E-state index contributed by atoms with van der Waals surface area (Å²) in [5.41, 5.74) is 2.51. The van der Waals surface area contributed by atoms with E-state index < -0.39 is 6.10 Å². The summed E-state index contributed by atoms with van der Waals surface area (Å²) in [4.78, 5) is 0. The number of fused-ring (bicyclic) bond motifs is 1. The van der Waals surface area contributed by atoms with Crippen LogP contribution < -0.4 is 0 Å². The Labute approximate surface area is 146 Å². The van der Waals surface area contributed by atoms with E-state index in [1.807, 2.05) is 7.11 Å². The van der Waals surface area contributed by atoms with E-state index in [1.54, 1.807) is 0 Å². The van der Waals surface area contributed by atoms with Gasteiger partial charge < -0.3 is 14.6 Å². The van der Waals surface area contributed by atoms with Crippen LogP contribution in [0.3, 0.4) is 0 Å². The Bertz CT molecular complexity index is 549. The summed E-state index contributed by atoms with van der Waals surface area (Å²) in [6.45, 7) is 13.5. The Morgan fingerprint density at radius 3 is 2.75 bits per heavy atom. The Hall–Kier alpha value is -1.06. The van der Waals surface area contributed by atoms with Crippen molar-refractivity contribution in [1.29, 1.82) is 0 Å². The minimum atomic E-state index is -0.527. The lowest BCUT2D eigenvalue weighted by atomic mass is 9.50. The van der Waals surface area contributed by atoms with E-state index in [2.05, 4.69) is 33.1 Å². The molecular weight excluding hydrogens is 300 g/mol. The molecule has 2 saturated carbocycles. The van der Waals surface area contributed by atoms with Crippen LogP contribution in [-0.2, 0) is 9.47 Å². The minimum absolute atomic E-state index is 0.270. The van der Waals surface area contributed by atoms with Crippen LogP contribution >= 0.6 is 0 Å². The van der Waals surface area contributed by atoms with Gasteiger partial charge >= 0.3 is 0 Å². The first-order valence-electron chi connectivity index (χ1n) is 9.29. The lowest BCUT2D eigenvalue weighted by Gasteiger charge is -2.55. The fourth-order valence-electron chi connectivity index (χ4n) is 5.57. The van der Waals surface area contributed by atoms with Crippen molar-refractivity contribution in [2.75, 3.05) is 13.7 Å². The van der Waals surface area contributed by atoms with Crippen LogP contribution in [0.15, 0.2) is 36.1 Å². The van der Waals surface area contributed by atoms with Crippen molar-refractivity contribution in [3.05, 3.63) is 36.1 Å². The molecule has 3 fully saturated rings. The summed E-state index contributed by atoms with van der Waals surface area (Å²) in [6, 6.07) is 0. The molecule has 2 aliphatic carbocycles. The lowest BCUT2D eigenvalue weighted by molar-refractivity contribution is -0.0847. The molecule has 0 spiro atoms. The third-order valence-electron chi connectivity index (χ3n) is 7.07. The van der Waals surface area contributed by atoms with Gasteiger partial charge in [0.25, 0.3) is 0 Å². The second kappa shape index (κ2) is 6.68. The molecule has 6 atom stereocenters. The first-order chi connectivity index (χ1) is 11.4. The summed E-state index contributed by atoms with van der Waals surface area (Å²) < 4.78 is 11.1. The number of hydrogen-bond acceptors (Lipinski definition) is 3. The molecule has 1 N–H and O–H groups in total. The van der Waals surface area contributed by atoms with E-state index in [-0.39, 0.29) is 5.41 Å². The molecular formula is C21H32O3. The van der Waals surface area contributed by atoms with Crippen LogP contribution in [0.5, 0.6) is 0 Å². The predicted octanol–water partition coefficient (Wildman–Crippen LogP) is 4.24. The van der Waals surface area contributed by atoms with Gasteiger partial charge in [-0.2, -0.15) is 0 Å². The van der Waals surface area contributed by atoms with Crippen LogP contribution in [0.4, 0.5) is 0 Å². The normalized spacial score (nSPS) is 44.5. The van der Waals surface area contributed by atoms with Gasteiger partial charge in [0.05, 0.1) is 6.10 Å². The molecule has 3 rings (SSSR count). The van der Waals surface area contributed by atoms with E-state index in [9.17, 15) is 5.11 Å². The van der Waals surface area contributed by atoms with Crippen LogP contribution in [0, 0.1) is 23.2 Å². The average molecular weight is 332 g/mol. The zero-order valence-electron chi connectivity index (χ0n) is 15.4. The van der Waals surface area contributed by atoms with Crippen LogP contribution in [-0.4, -0.2) is 31.0 Å². The highest BCUT2D eigenvalue weighted by atomic mass is 16.5. The van der Waals surface area contributed by atoms with Crippen molar-refractivity contribution in [3.8, 4) is 0 Å². The van der Waals surface area contributed by atoms with Crippen molar-refractivity contribution in [1.82, 2.24) is 0 Å². The van der Waals surface area contributed by atoms with E-state index in [0.29, 0.717) is 36.2 Å². The van der Waals surface area contributed by atoms with E-state index >= 15 is 0 Å². The highest BCUT2D eigenvalue weighted by molar-refractivity contribution is 5.32. The number of rotatable bonds is 3. The largest absolute Gasteiger partial charge is 0.491 e. The third-order valence-corrected chi connectivity index (χ3v) is 7.07. The number of ether oxygens (including phenoxy) is 2. The first-order valence-corrected chi connectivity index (χ1v) is 9.29. The molecule has 0 aromatic carbocycles. The van der Waals surface area contributed by atoms with E-state index in [0.717, 1.165) is 24.8 Å². The van der Waals surface area contributed by atoms with Gasteiger partial charge in [0, 0.05) is 12.7 Å². The van der Waals surface area contributed by atoms with Crippen molar-refractivity contribution >= 4 is 0 Å². The molecule has 0 unspecified atom stereocenters. The zero-order chi connectivity index (χ0) is 17.5. The summed E-state index contributed by atoms with van der Waals surface area (Å²) in [7, 11) is 1.85. The smallest absolute Gasteiger partial charge is 0.118 e. The predicted molar refractivity (Wildman–Crippen MR) is 96.5 cm³/mol. The average Bonchev–Trinajstić information content (AvgIpc) is 2.86. The Kier molecular flexibility index (Phi) is 4.94. The number of aliphatic hydroxyl groups is 1. The maximum atomic E-state index is 10.1. The zero-order valence-corrected chi connectivity index (χ0v) is 15.4. The molecule has 3 heteroatoms. The van der Waals surface area contributed by atoms with Crippen molar-refractivity contribution in [2.24, 2.45) is 23.2 Å².